The van der Waals surface area contributed by atoms with Crippen molar-refractivity contribution in [2.45, 2.75) is 97.6 Å². The summed E-state index contributed by atoms with van der Waals surface area (Å²) in [5.74, 6) is 0. The highest BCUT2D eigenvalue weighted by atomic mass is 16.5. The second-order valence-corrected chi connectivity index (χ2v) is 7.12. The van der Waals surface area contributed by atoms with Crippen LogP contribution in [0.2, 0.25) is 0 Å². The van der Waals surface area contributed by atoms with Crippen LogP contribution in [0.5, 0.6) is 0 Å². The van der Waals surface area contributed by atoms with Gasteiger partial charge in [0, 0.05) is 0 Å². The molecule has 1 unspecified atom stereocenters. The molecule has 0 aromatic heterocycles. The van der Waals surface area contributed by atoms with E-state index in [1.54, 1.807) is 5.06 Å². The molecular weight excluding hydrogens is 282 g/mol. The van der Waals surface area contributed by atoms with Crippen LogP contribution in [-0.2, 0) is 11.1 Å². The maximum absolute atomic E-state index is 11.1. The van der Waals surface area contributed by atoms with Crippen LogP contribution in [0.15, 0.2) is 24.3 Å². The quantitative estimate of drug-likeness (QED) is 0.637. The van der Waals surface area contributed by atoms with Crippen LogP contribution in [-0.4, -0.2) is 10.3 Å². The van der Waals surface area contributed by atoms with Gasteiger partial charge in [0.1, 0.15) is 0 Å². The maximum Gasteiger partial charge on any atom is 0.0721 e. The first-order chi connectivity index (χ1) is 11.0. The van der Waals surface area contributed by atoms with Crippen molar-refractivity contribution in [3.05, 3.63) is 35.4 Å². The van der Waals surface area contributed by atoms with Crippen molar-refractivity contribution in [3.8, 4) is 0 Å². The Morgan fingerprint density at radius 3 is 1.70 bits per heavy atom. The van der Waals surface area contributed by atoms with E-state index in [-0.39, 0.29) is 11.1 Å². The number of rotatable bonds is 6. The van der Waals surface area contributed by atoms with E-state index in [4.69, 9.17) is 0 Å². The molecule has 1 heterocycles. The van der Waals surface area contributed by atoms with Crippen molar-refractivity contribution in [2.24, 2.45) is 0 Å². The third kappa shape index (κ3) is 3.64. The highest BCUT2D eigenvalue weighted by Gasteiger charge is 2.54. The molecule has 0 saturated heterocycles. The number of hydrogen-bond donors (Lipinski definition) is 1. The molecule has 1 aliphatic rings. The van der Waals surface area contributed by atoms with E-state index in [1.165, 1.54) is 17.5 Å². The zero-order chi connectivity index (χ0) is 17.5. The van der Waals surface area contributed by atoms with Gasteiger partial charge in [-0.2, -0.15) is 5.06 Å². The Balaban J connectivity index is 0.000000816. The normalized spacial score (nSPS) is 22.4. The summed E-state index contributed by atoms with van der Waals surface area (Å²) in [6.45, 7) is 13.1. The lowest BCUT2D eigenvalue weighted by Crippen LogP contribution is -2.47. The van der Waals surface area contributed by atoms with Gasteiger partial charge in [0.05, 0.1) is 11.1 Å². The summed E-state index contributed by atoms with van der Waals surface area (Å²) in [6, 6.07) is 8.66. The molecule has 0 saturated carbocycles. The van der Waals surface area contributed by atoms with Gasteiger partial charge < -0.3 is 5.21 Å². The fourth-order valence-corrected chi connectivity index (χ4v) is 4.22. The molecule has 1 N–H and O–H groups in total. The SMILES string of the molecule is CCC.CCCC1(C)c2ccccc2C(CCC)(CCC)N1O. The second kappa shape index (κ2) is 8.84. The first kappa shape index (κ1) is 20.2. The molecule has 0 bridgehead atoms. The van der Waals surface area contributed by atoms with Crippen LogP contribution < -0.4 is 0 Å². The molecule has 1 aliphatic heterocycles. The fourth-order valence-electron chi connectivity index (χ4n) is 4.22. The summed E-state index contributed by atoms with van der Waals surface area (Å²) in [4.78, 5) is 0. The van der Waals surface area contributed by atoms with Crippen molar-refractivity contribution in [1.29, 1.82) is 0 Å². The topological polar surface area (TPSA) is 23.5 Å². The lowest BCUT2D eigenvalue weighted by molar-refractivity contribution is -0.238. The summed E-state index contributed by atoms with van der Waals surface area (Å²) >= 11 is 0. The number of hydroxylamine groups is 2. The number of fused-ring (bicyclic) bond motifs is 1. The highest BCUT2D eigenvalue weighted by Crippen LogP contribution is 2.54. The van der Waals surface area contributed by atoms with Gasteiger partial charge in [0.15, 0.2) is 0 Å². The minimum absolute atomic E-state index is 0.190. The molecule has 2 rings (SSSR count). The van der Waals surface area contributed by atoms with Gasteiger partial charge in [-0.25, -0.2) is 0 Å². The molecule has 1 aromatic carbocycles. The highest BCUT2D eigenvalue weighted by molar-refractivity contribution is 5.43. The van der Waals surface area contributed by atoms with Gasteiger partial charge in [-0.05, 0) is 37.3 Å². The molecule has 2 heteroatoms. The van der Waals surface area contributed by atoms with E-state index >= 15 is 0 Å². The van der Waals surface area contributed by atoms with Gasteiger partial charge in [-0.1, -0.05) is 84.6 Å². The minimum Gasteiger partial charge on any atom is -0.312 e. The van der Waals surface area contributed by atoms with Gasteiger partial charge in [0.25, 0.3) is 0 Å². The zero-order valence-corrected chi connectivity index (χ0v) is 16.2. The van der Waals surface area contributed by atoms with Crippen molar-refractivity contribution >= 4 is 0 Å². The van der Waals surface area contributed by atoms with Crippen molar-refractivity contribution in [3.63, 3.8) is 0 Å². The van der Waals surface area contributed by atoms with Crippen LogP contribution in [0.1, 0.15) is 97.6 Å². The fraction of sp³-hybridized carbons (Fsp3) is 0.714. The summed E-state index contributed by atoms with van der Waals surface area (Å²) in [5.41, 5.74) is 2.24. The van der Waals surface area contributed by atoms with Crippen molar-refractivity contribution in [2.75, 3.05) is 0 Å². The lowest BCUT2D eigenvalue weighted by atomic mass is 9.82. The Morgan fingerprint density at radius 2 is 1.26 bits per heavy atom. The summed E-state index contributed by atoms with van der Waals surface area (Å²) < 4.78 is 0. The predicted octanol–water partition coefficient (Wildman–Crippen LogP) is 6.62. The Bertz CT molecular complexity index is 465. The first-order valence-corrected chi connectivity index (χ1v) is 9.57. The Kier molecular flexibility index (Phi) is 7.76. The van der Waals surface area contributed by atoms with E-state index in [0.29, 0.717) is 0 Å². The van der Waals surface area contributed by atoms with Gasteiger partial charge in [-0.15, -0.1) is 0 Å². The monoisotopic (exact) mass is 319 g/mol. The van der Waals surface area contributed by atoms with Crippen LogP contribution >= 0.6 is 0 Å². The molecule has 0 spiro atoms. The van der Waals surface area contributed by atoms with E-state index in [1.807, 2.05) is 0 Å². The summed E-state index contributed by atoms with van der Waals surface area (Å²) in [6.07, 6.45) is 7.55. The first-order valence-electron chi connectivity index (χ1n) is 9.57. The van der Waals surface area contributed by atoms with E-state index in [9.17, 15) is 5.21 Å². The van der Waals surface area contributed by atoms with Gasteiger partial charge >= 0.3 is 0 Å². The zero-order valence-electron chi connectivity index (χ0n) is 16.2. The molecule has 132 valence electrons. The predicted molar refractivity (Wildman–Crippen MR) is 99.8 cm³/mol. The van der Waals surface area contributed by atoms with E-state index < -0.39 is 0 Å². The average Bonchev–Trinajstić information content (AvgIpc) is 2.70. The third-order valence-corrected chi connectivity index (χ3v) is 4.95. The van der Waals surface area contributed by atoms with Crippen LogP contribution in [0.3, 0.4) is 0 Å². The Hall–Kier alpha value is -0.860. The largest absolute Gasteiger partial charge is 0.312 e. The molecule has 0 radical (unpaired) electrons. The number of nitrogens with zero attached hydrogens (tertiary/aromatic N) is 1. The summed E-state index contributed by atoms with van der Waals surface area (Å²) in [5, 5.41) is 12.8. The molecule has 23 heavy (non-hydrogen) atoms. The number of benzene rings is 1. The maximum atomic E-state index is 11.1. The lowest BCUT2D eigenvalue weighted by Gasteiger charge is -2.42. The third-order valence-electron chi connectivity index (χ3n) is 4.95. The van der Waals surface area contributed by atoms with Crippen molar-refractivity contribution < 1.29 is 5.21 Å². The van der Waals surface area contributed by atoms with Gasteiger partial charge in [-0.3, -0.25) is 0 Å². The molecule has 0 fully saturated rings. The molecule has 0 aliphatic carbocycles. The Morgan fingerprint density at radius 1 is 0.826 bits per heavy atom. The van der Waals surface area contributed by atoms with Crippen LogP contribution in [0.4, 0.5) is 0 Å². The standard InChI is InChI=1S/C18H29NO.C3H8/c1-5-12-17(4)15-10-8-9-11-16(15)18(13-6-2,14-7-3)19(17)20;1-3-2/h8-11,20H,5-7,12-14H2,1-4H3;3H2,1-2H3. The van der Waals surface area contributed by atoms with Crippen LogP contribution in [0.25, 0.3) is 0 Å². The van der Waals surface area contributed by atoms with Gasteiger partial charge in [0.2, 0.25) is 0 Å². The van der Waals surface area contributed by atoms with E-state index in [0.717, 1.165) is 38.5 Å². The van der Waals surface area contributed by atoms with Crippen LogP contribution in [0, 0.1) is 0 Å². The average molecular weight is 320 g/mol. The minimum atomic E-state index is -0.240. The molecular formula is C21H37NO. The molecule has 0 amide bonds. The Labute approximate surface area is 143 Å². The molecule has 1 atom stereocenters. The summed E-state index contributed by atoms with van der Waals surface area (Å²) in [7, 11) is 0. The smallest absolute Gasteiger partial charge is 0.0721 e. The van der Waals surface area contributed by atoms with Crippen molar-refractivity contribution in [1.82, 2.24) is 5.06 Å². The molecule has 1 aromatic rings. The number of hydrogen-bond acceptors (Lipinski definition) is 2. The van der Waals surface area contributed by atoms with E-state index in [2.05, 4.69) is 65.8 Å². The second-order valence-electron chi connectivity index (χ2n) is 7.12. The molecule has 2 nitrogen and oxygen atoms in total.